The molecule has 0 aliphatic heterocycles. The van der Waals surface area contributed by atoms with Crippen molar-refractivity contribution in [2.24, 2.45) is 5.92 Å². The van der Waals surface area contributed by atoms with Crippen LogP contribution >= 0.6 is 35.0 Å². The van der Waals surface area contributed by atoms with Crippen molar-refractivity contribution in [3.8, 4) is 5.75 Å². The Morgan fingerprint density at radius 2 is 1.62 bits per heavy atom. The van der Waals surface area contributed by atoms with Crippen LogP contribution in [0.5, 0.6) is 5.75 Å². The Labute approximate surface area is 138 Å². The fourth-order valence-electron chi connectivity index (χ4n) is 1.53. The monoisotopic (exact) mass is 340 g/mol. The van der Waals surface area contributed by atoms with E-state index in [1.165, 1.54) is 0 Å². The van der Waals surface area contributed by atoms with Gasteiger partial charge in [0.25, 0.3) is 0 Å². The number of ether oxygens (including phenoxy) is 1. The van der Waals surface area contributed by atoms with Crippen LogP contribution in [-0.2, 0) is 4.79 Å². The summed E-state index contributed by atoms with van der Waals surface area (Å²) in [5, 5.41) is 0.343. The summed E-state index contributed by atoms with van der Waals surface area (Å²) in [6.07, 6.45) is 0. The minimum Gasteiger partial charge on any atom is -0.493 e. The molecule has 0 aliphatic carbocycles. The smallest absolute Gasteiger partial charge is 0.227 e. The van der Waals surface area contributed by atoms with Crippen LogP contribution < -0.4 is 4.74 Å². The topological polar surface area (TPSA) is 26.3 Å². The third-order valence-corrected chi connectivity index (χ3v) is 4.40. The molecule has 0 aromatic heterocycles. The second-order valence-electron chi connectivity index (χ2n) is 4.54. The number of rotatable bonds is 6. The van der Waals surface area contributed by atoms with E-state index in [1.54, 1.807) is 18.7 Å². The zero-order valence-corrected chi connectivity index (χ0v) is 13.7. The van der Waals surface area contributed by atoms with Crippen molar-refractivity contribution in [3.05, 3.63) is 53.6 Å². The number of carbonyl (C=O) groups excluding carboxylic acids is 1. The minimum atomic E-state index is -0.384. The number of benzene rings is 2. The molecule has 0 N–H and O–H groups in total. The second-order valence-corrected chi connectivity index (χ2v) is 6.50. The molecule has 2 aromatic rings. The lowest BCUT2D eigenvalue weighted by atomic mass is 10.2. The summed E-state index contributed by atoms with van der Waals surface area (Å²) >= 11 is 12.9. The Balaban J connectivity index is 1.92. The summed E-state index contributed by atoms with van der Waals surface area (Å²) in [6.45, 7) is 2.02. The lowest BCUT2D eigenvalue weighted by molar-refractivity contribution is -0.115. The molecule has 1 atom stereocenters. The molecule has 0 spiro atoms. The normalized spacial score (nSPS) is 12.0. The number of halogens is 2. The van der Waals surface area contributed by atoms with Gasteiger partial charge in [0.05, 0.1) is 12.5 Å². The van der Waals surface area contributed by atoms with E-state index in [1.807, 2.05) is 48.5 Å². The van der Waals surface area contributed by atoms with E-state index in [-0.39, 0.29) is 17.8 Å². The van der Waals surface area contributed by atoms with Crippen LogP contribution in [0.1, 0.15) is 6.92 Å². The zero-order valence-electron chi connectivity index (χ0n) is 11.4. The molecule has 0 saturated heterocycles. The lowest BCUT2D eigenvalue weighted by Crippen LogP contribution is -2.14. The van der Waals surface area contributed by atoms with Crippen LogP contribution in [0.15, 0.2) is 58.3 Å². The van der Waals surface area contributed by atoms with Gasteiger partial charge in [-0.05, 0) is 60.1 Å². The predicted molar refractivity (Wildman–Crippen MR) is 87.5 cm³/mol. The Kier molecular flexibility index (Phi) is 5.97. The van der Waals surface area contributed by atoms with E-state index in [2.05, 4.69) is 0 Å². The summed E-state index contributed by atoms with van der Waals surface area (Å²) in [4.78, 5) is 13.1. The first kappa shape index (κ1) is 16.2. The first-order valence-electron chi connectivity index (χ1n) is 6.40. The largest absolute Gasteiger partial charge is 0.493 e. The molecule has 2 aromatic carbocycles. The molecule has 0 fully saturated rings. The maximum absolute atomic E-state index is 10.9. The van der Waals surface area contributed by atoms with Gasteiger partial charge in [0.1, 0.15) is 5.75 Å². The maximum atomic E-state index is 10.9. The first-order chi connectivity index (χ1) is 10.0. The lowest BCUT2D eigenvalue weighted by Gasteiger charge is -2.10. The fourth-order valence-corrected chi connectivity index (χ4v) is 2.53. The summed E-state index contributed by atoms with van der Waals surface area (Å²) in [5.41, 5.74) is 0. The van der Waals surface area contributed by atoms with Crippen LogP contribution in [0.3, 0.4) is 0 Å². The van der Waals surface area contributed by atoms with Crippen molar-refractivity contribution in [3.63, 3.8) is 0 Å². The van der Waals surface area contributed by atoms with Gasteiger partial charge in [-0.2, -0.15) is 0 Å². The van der Waals surface area contributed by atoms with Gasteiger partial charge in [0, 0.05) is 14.8 Å². The number of hydrogen-bond acceptors (Lipinski definition) is 3. The van der Waals surface area contributed by atoms with Crippen molar-refractivity contribution in [2.75, 3.05) is 6.61 Å². The highest BCUT2D eigenvalue weighted by atomic mass is 35.5. The summed E-state index contributed by atoms with van der Waals surface area (Å²) in [7, 11) is 0. The molecule has 110 valence electrons. The highest BCUT2D eigenvalue weighted by Gasteiger charge is 2.10. The Morgan fingerprint density at radius 3 is 2.14 bits per heavy atom. The van der Waals surface area contributed by atoms with Crippen molar-refractivity contribution < 1.29 is 9.53 Å². The molecule has 0 amide bonds. The van der Waals surface area contributed by atoms with Crippen LogP contribution in [-0.4, -0.2) is 11.8 Å². The molecule has 0 saturated carbocycles. The van der Waals surface area contributed by atoms with Crippen molar-refractivity contribution >= 4 is 40.2 Å². The molecular formula is C16H14Cl2O2S. The van der Waals surface area contributed by atoms with Gasteiger partial charge in [0.15, 0.2) is 0 Å². The van der Waals surface area contributed by atoms with Crippen LogP contribution in [0.4, 0.5) is 0 Å². The fraction of sp³-hybridized carbons (Fsp3) is 0.188. The number of carbonyl (C=O) groups is 1. The molecule has 0 bridgehead atoms. The zero-order chi connectivity index (χ0) is 15.2. The molecular weight excluding hydrogens is 327 g/mol. The van der Waals surface area contributed by atoms with Gasteiger partial charge in [-0.1, -0.05) is 30.3 Å². The molecule has 2 nitrogen and oxygen atoms in total. The molecule has 21 heavy (non-hydrogen) atoms. The van der Waals surface area contributed by atoms with Crippen molar-refractivity contribution in [1.82, 2.24) is 0 Å². The van der Waals surface area contributed by atoms with E-state index in [0.29, 0.717) is 0 Å². The quantitative estimate of drug-likeness (QED) is 0.670. The second kappa shape index (κ2) is 7.74. The third kappa shape index (κ3) is 5.27. The van der Waals surface area contributed by atoms with Gasteiger partial charge in [0.2, 0.25) is 5.24 Å². The van der Waals surface area contributed by atoms with Crippen LogP contribution in [0.25, 0.3) is 0 Å². The van der Waals surface area contributed by atoms with Crippen molar-refractivity contribution in [1.29, 1.82) is 0 Å². The average Bonchev–Trinajstić information content (AvgIpc) is 2.48. The summed E-state index contributed by atoms with van der Waals surface area (Å²) in [5.74, 6) is 0.412. The third-order valence-electron chi connectivity index (χ3n) is 2.76. The first-order valence-corrected chi connectivity index (χ1v) is 7.97. The molecule has 2 rings (SSSR count). The Bertz CT molecular complexity index is 597. The highest BCUT2D eigenvalue weighted by Crippen LogP contribution is 2.29. The van der Waals surface area contributed by atoms with Gasteiger partial charge in [-0.25, -0.2) is 0 Å². The average molecular weight is 341 g/mol. The maximum Gasteiger partial charge on any atom is 0.227 e. The van der Waals surface area contributed by atoms with Gasteiger partial charge >= 0.3 is 0 Å². The standard InChI is InChI=1S/C16H14Cl2O2S/c1-11(16(18)19)10-20-13-4-8-15(9-5-13)21-14-6-2-12(17)3-7-14/h2-9,11H,10H2,1H3. The van der Waals surface area contributed by atoms with E-state index >= 15 is 0 Å². The minimum absolute atomic E-state index is 0.284. The van der Waals surface area contributed by atoms with E-state index in [0.717, 1.165) is 20.6 Å². The molecule has 0 heterocycles. The van der Waals surface area contributed by atoms with Crippen LogP contribution in [0, 0.1) is 5.92 Å². The Morgan fingerprint density at radius 1 is 1.10 bits per heavy atom. The van der Waals surface area contributed by atoms with E-state index in [4.69, 9.17) is 27.9 Å². The summed E-state index contributed by atoms with van der Waals surface area (Å²) in [6, 6.07) is 15.4. The van der Waals surface area contributed by atoms with Crippen LogP contribution in [0.2, 0.25) is 5.02 Å². The van der Waals surface area contributed by atoms with Gasteiger partial charge in [-0.15, -0.1) is 0 Å². The predicted octanol–water partition coefficient (Wildman–Crippen LogP) is 5.27. The number of hydrogen-bond donors (Lipinski definition) is 0. The highest BCUT2D eigenvalue weighted by molar-refractivity contribution is 7.99. The van der Waals surface area contributed by atoms with Gasteiger partial charge < -0.3 is 4.74 Å². The molecule has 0 aliphatic rings. The SMILES string of the molecule is CC(COc1ccc(Sc2ccc(Cl)cc2)cc1)C(=O)Cl. The molecule has 1 unspecified atom stereocenters. The van der Waals surface area contributed by atoms with E-state index in [9.17, 15) is 4.79 Å². The van der Waals surface area contributed by atoms with Gasteiger partial charge in [-0.3, -0.25) is 4.79 Å². The molecule has 0 radical (unpaired) electrons. The summed E-state index contributed by atoms with van der Waals surface area (Å²) < 4.78 is 5.52. The van der Waals surface area contributed by atoms with E-state index < -0.39 is 0 Å². The Hall–Kier alpha value is -1.16. The molecule has 5 heteroatoms. The van der Waals surface area contributed by atoms with Crippen molar-refractivity contribution in [2.45, 2.75) is 16.7 Å².